The molecule has 1 N–H and O–H groups in total. The quantitative estimate of drug-likeness (QED) is 0.479. The van der Waals surface area contributed by atoms with Gasteiger partial charge < -0.3 is 19.4 Å². The van der Waals surface area contributed by atoms with E-state index in [0.717, 1.165) is 16.9 Å². The molecule has 2 aromatic carbocycles. The van der Waals surface area contributed by atoms with E-state index < -0.39 is 0 Å². The van der Waals surface area contributed by atoms with Gasteiger partial charge in [0.2, 0.25) is 0 Å². The normalized spacial score (nSPS) is 10.6. The number of carbonyl (C=O) groups is 2. The molecule has 0 saturated heterocycles. The first kappa shape index (κ1) is 19.4. The summed E-state index contributed by atoms with van der Waals surface area (Å²) in [5, 5.41) is 2.90. The lowest BCUT2D eigenvalue weighted by Gasteiger charge is -2.09. The number of methoxy groups -OCH3 is 2. The molecule has 0 bridgehead atoms. The van der Waals surface area contributed by atoms with Crippen LogP contribution in [-0.4, -0.2) is 42.2 Å². The number of fused-ring (bicyclic) bond motifs is 1. The van der Waals surface area contributed by atoms with Gasteiger partial charge in [-0.15, -0.1) is 0 Å². The highest BCUT2D eigenvalue weighted by Crippen LogP contribution is 2.17. The number of nitrogens with zero attached hydrogens (tertiary/aromatic N) is 2. The van der Waals surface area contributed by atoms with E-state index in [1.54, 1.807) is 31.4 Å². The number of amides is 1. The summed E-state index contributed by atoms with van der Waals surface area (Å²) in [7, 11) is 2.96. The summed E-state index contributed by atoms with van der Waals surface area (Å²) in [5.41, 5.74) is 2.31. The van der Waals surface area contributed by atoms with Gasteiger partial charge in [0.05, 0.1) is 25.3 Å². The van der Waals surface area contributed by atoms with Crippen molar-refractivity contribution in [1.82, 2.24) is 14.9 Å². The average Bonchev–Trinajstić information content (AvgIpc) is 3.08. The van der Waals surface area contributed by atoms with Crippen LogP contribution in [0.2, 0.25) is 0 Å². The van der Waals surface area contributed by atoms with Crippen LogP contribution in [0.25, 0.3) is 11.0 Å². The molecule has 0 unspecified atom stereocenters. The molecule has 0 spiro atoms. The molecule has 3 aromatic rings. The summed E-state index contributed by atoms with van der Waals surface area (Å²) >= 11 is 0. The summed E-state index contributed by atoms with van der Waals surface area (Å²) in [6.07, 6.45) is 1.33. The van der Waals surface area contributed by atoms with Crippen molar-refractivity contribution in [2.75, 3.05) is 20.8 Å². The van der Waals surface area contributed by atoms with Crippen molar-refractivity contribution in [1.29, 1.82) is 0 Å². The molecule has 3 rings (SSSR count). The molecule has 0 aliphatic rings. The van der Waals surface area contributed by atoms with E-state index in [-0.39, 0.29) is 18.4 Å². The number of rotatable bonds is 8. The maximum atomic E-state index is 12.2. The second kappa shape index (κ2) is 9.03. The molecule has 0 saturated carbocycles. The van der Waals surface area contributed by atoms with E-state index >= 15 is 0 Å². The van der Waals surface area contributed by atoms with Crippen molar-refractivity contribution in [3.8, 4) is 5.75 Å². The molecule has 0 fully saturated rings. The maximum Gasteiger partial charge on any atom is 0.325 e. The van der Waals surface area contributed by atoms with Crippen LogP contribution in [0.4, 0.5) is 0 Å². The first-order valence-electron chi connectivity index (χ1n) is 9.05. The number of hydrogen-bond acceptors (Lipinski definition) is 5. The van der Waals surface area contributed by atoms with Gasteiger partial charge in [0, 0.05) is 18.5 Å². The van der Waals surface area contributed by atoms with Crippen LogP contribution in [0.15, 0.2) is 48.5 Å². The van der Waals surface area contributed by atoms with Crippen molar-refractivity contribution in [2.45, 2.75) is 19.4 Å². The molecule has 28 heavy (non-hydrogen) atoms. The monoisotopic (exact) mass is 381 g/mol. The Hall–Kier alpha value is -3.35. The minimum atomic E-state index is -0.322. The number of carbonyl (C=O) groups excluding carboxylic acids is 2. The SMILES string of the molecule is COC(=O)Cn1c(CCCNC(=O)c2ccc(OC)cc2)nc2ccccc21. The molecule has 7 nitrogen and oxygen atoms in total. The summed E-state index contributed by atoms with van der Waals surface area (Å²) < 4.78 is 11.8. The average molecular weight is 381 g/mol. The van der Waals surface area contributed by atoms with Crippen LogP contribution in [0.5, 0.6) is 5.75 Å². The van der Waals surface area contributed by atoms with Gasteiger partial charge >= 0.3 is 5.97 Å². The smallest absolute Gasteiger partial charge is 0.325 e. The van der Waals surface area contributed by atoms with Crippen molar-refractivity contribution >= 4 is 22.9 Å². The van der Waals surface area contributed by atoms with Gasteiger partial charge in [0.15, 0.2) is 0 Å². The zero-order valence-corrected chi connectivity index (χ0v) is 16.0. The summed E-state index contributed by atoms with van der Waals surface area (Å²) in [6, 6.07) is 14.6. The Balaban J connectivity index is 1.61. The molecule has 1 amide bonds. The fraction of sp³-hybridized carbons (Fsp3) is 0.286. The van der Waals surface area contributed by atoms with E-state index in [1.165, 1.54) is 7.11 Å². The van der Waals surface area contributed by atoms with E-state index in [2.05, 4.69) is 10.3 Å². The summed E-state index contributed by atoms with van der Waals surface area (Å²) in [6.45, 7) is 0.622. The first-order valence-corrected chi connectivity index (χ1v) is 9.05. The van der Waals surface area contributed by atoms with Crippen molar-refractivity contribution < 1.29 is 19.1 Å². The third kappa shape index (κ3) is 4.49. The number of ether oxygens (including phenoxy) is 2. The first-order chi connectivity index (χ1) is 13.6. The Kier molecular flexibility index (Phi) is 6.26. The number of aryl methyl sites for hydroxylation is 1. The van der Waals surface area contributed by atoms with Crippen LogP contribution in [0.3, 0.4) is 0 Å². The van der Waals surface area contributed by atoms with Crippen LogP contribution in [0.1, 0.15) is 22.6 Å². The molecule has 0 aliphatic carbocycles. The Labute approximate surface area is 163 Å². The number of aromatic nitrogens is 2. The van der Waals surface area contributed by atoms with Gasteiger partial charge in [0.25, 0.3) is 5.91 Å². The lowest BCUT2D eigenvalue weighted by atomic mass is 10.2. The third-order valence-electron chi connectivity index (χ3n) is 4.46. The maximum absolute atomic E-state index is 12.2. The molecule has 1 aromatic heterocycles. The predicted octanol–water partition coefficient (Wildman–Crippen LogP) is 2.58. The summed E-state index contributed by atoms with van der Waals surface area (Å²) in [5.74, 6) is 1.05. The molecule has 146 valence electrons. The fourth-order valence-corrected chi connectivity index (χ4v) is 2.98. The Morgan fingerprint density at radius 3 is 2.54 bits per heavy atom. The van der Waals surface area contributed by atoms with Gasteiger partial charge in [-0.3, -0.25) is 9.59 Å². The molecular weight excluding hydrogens is 358 g/mol. The van der Waals surface area contributed by atoms with E-state index in [4.69, 9.17) is 9.47 Å². The van der Waals surface area contributed by atoms with Crippen LogP contribution in [0, 0.1) is 0 Å². The zero-order valence-electron chi connectivity index (χ0n) is 16.0. The Morgan fingerprint density at radius 1 is 1.07 bits per heavy atom. The molecular formula is C21H23N3O4. The second-order valence-electron chi connectivity index (χ2n) is 6.27. The highest BCUT2D eigenvalue weighted by molar-refractivity contribution is 5.94. The van der Waals surface area contributed by atoms with Crippen LogP contribution < -0.4 is 10.1 Å². The van der Waals surface area contributed by atoms with Gasteiger partial charge in [-0.1, -0.05) is 12.1 Å². The number of para-hydroxylation sites is 2. The minimum absolute atomic E-state index is 0.116. The molecule has 7 heteroatoms. The lowest BCUT2D eigenvalue weighted by molar-refractivity contribution is -0.141. The molecule has 1 heterocycles. The van der Waals surface area contributed by atoms with E-state index in [1.807, 2.05) is 28.8 Å². The van der Waals surface area contributed by atoms with Crippen LogP contribution >= 0.6 is 0 Å². The standard InChI is InChI=1S/C21H23N3O4/c1-27-16-11-9-15(10-12-16)21(26)22-13-5-8-19-23-17-6-3-4-7-18(17)24(19)14-20(25)28-2/h3-4,6-7,9-12H,5,8,13-14H2,1-2H3,(H,22,26). The van der Waals surface area contributed by atoms with E-state index in [9.17, 15) is 9.59 Å². The number of esters is 1. The highest BCUT2D eigenvalue weighted by Gasteiger charge is 2.14. The Morgan fingerprint density at radius 2 is 1.82 bits per heavy atom. The van der Waals surface area contributed by atoms with Crippen molar-refractivity contribution in [3.63, 3.8) is 0 Å². The second-order valence-corrected chi connectivity index (χ2v) is 6.27. The van der Waals surface area contributed by atoms with Gasteiger partial charge in [-0.05, 0) is 42.8 Å². The molecule has 0 aliphatic heterocycles. The molecule has 0 radical (unpaired) electrons. The number of benzene rings is 2. The number of nitrogens with one attached hydrogen (secondary N) is 1. The largest absolute Gasteiger partial charge is 0.497 e. The minimum Gasteiger partial charge on any atom is -0.497 e. The topological polar surface area (TPSA) is 82.5 Å². The fourth-order valence-electron chi connectivity index (χ4n) is 2.98. The Bertz CT molecular complexity index is 963. The van der Waals surface area contributed by atoms with Crippen molar-refractivity contribution in [2.24, 2.45) is 0 Å². The molecule has 0 atom stereocenters. The van der Waals surface area contributed by atoms with E-state index in [0.29, 0.717) is 30.7 Å². The van der Waals surface area contributed by atoms with Gasteiger partial charge in [-0.2, -0.15) is 0 Å². The van der Waals surface area contributed by atoms with Gasteiger partial charge in [0.1, 0.15) is 18.1 Å². The van der Waals surface area contributed by atoms with Crippen LogP contribution in [-0.2, 0) is 22.5 Å². The highest BCUT2D eigenvalue weighted by atomic mass is 16.5. The number of imidazole rings is 1. The van der Waals surface area contributed by atoms with Gasteiger partial charge in [-0.25, -0.2) is 4.98 Å². The lowest BCUT2D eigenvalue weighted by Crippen LogP contribution is -2.25. The summed E-state index contributed by atoms with van der Waals surface area (Å²) in [4.78, 5) is 28.6. The zero-order chi connectivity index (χ0) is 19.9. The third-order valence-corrected chi connectivity index (χ3v) is 4.46. The predicted molar refractivity (Wildman–Crippen MR) is 105 cm³/mol. The van der Waals surface area contributed by atoms with Crippen molar-refractivity contribution in [3.05, 3.63) is 59.9 Å². The number of hydrogen-bond donors (Lipinski definition) is 1.